The smallest absolute Gasteiger partial charge is 0.225 e. The number of carbonyl (C=O) groups excluding carboxylic acids is 3. The molecule has 1 saturated heterocycles. The van der Waals surface area contributed by atoms with Gasteiger partial charge in [0.2, 0.25) is 17.7 Å². The lowest BCUT2D eigenvalue weighted by Crippen LogP contribution is -2.51. The van der Waals surface area contributed by atoms with Crippen LogP contribution < -0.4 is 5.32 Å². The Morgan fingerprint density at radius 2 is 1.87 bits per heavy atom. The van der Waals surface area contributed by atoms with E-state index >= 15 is 0 Å². The van der Waals surface area contributed by atoms with E-state index in [0.717, 1.165) is 31.3 Å². The first-order valence-corrected chi connectivity index (χ1v) is 14.8. The molecular formula is C32H55N3O4. The van der Waals surface area contributed by atoms with Crippen molar-refractivity contribution in [3.8, 4) is 0 Å². The van der Waals surface area contributed by atoms with Crippen molar-refractivity contribution in [1.29, 1.82) is 0 Å². The average Bonchev–Trinajstić information content (AvgIpc) is 3.37. The van der Waals surface area contributed by atoms with Gasteiger partial charge in [0.1, 0.15) is 0 Å². The van der Waals surface area contributed by atoms with E-state index < -0.39 is 0 Å². The van der Waals surface area contributed by atoms with E-state index in [-0.39, 0.29) is 60.1 Å². The summed E-state index contributed by atoms with van der Waals surface area (Å²) in [5.41, 5.74) is 1.15. The third-order valence-corrected chi connectivity index (χ3v) is 8.01. The van der Waals surface area contributed by atoms with E-state index in [1.807, 2.05) is 57.9 Å². The summed E-state index contributed by atoms with van der Waals surface area (Å²) in [6.45, 7) is 17.2. The maximum atomic E-state index is 13.6. The highest BCUT2D eigenvalue weighted by atomic mass is 16.5. The van der Waals surface area contributed by atoms with Gasteiger partial charge in [-0.3, -0.25) is 14.4 Å². The molecule has 3 amide bonds. The minimum Gasteiger partial charge on any atom is -0.379 e. The van der Waals surface area contributed by atoms with Gasteiger partial charge < -0.3 is 19.9 Å². The summed E-state index contributed by atoms with van der Waals surface area (Å²) in [5.74, 6) is 0.423. The standard InChI is InChI=1S/C32H55N3O4/c1-10-13-15-26(12-3)17-18-33-32(38)25(7)21-27-16-14-19-35(27)30(37)22-28(39-9)31(24(6)11-2)34(8)29(36)20-23(4)5/h10,12-13,15,23-25,27-28,31H,1,11,14,16-22H2,2-9H3,(H,33,38)/b15-13-,26-12+/t24?,25?,27-,28?,31?/m0/s1. The Morgan fingerprint density at radius 1 is 1.18 bits per heavy atom. The van der Waals surface area contributed by atoms with E-state index in [0.29, 0.717) is 25.9 Å². The predicted molar refractivity (Wildman–Crippen MR) is 160 cm³/mol. The molecule has 7 nitrogen and oxygen atoms in total. The molecule has 4 unspecified atom stereocenters. The normalized spacial score (nSPS) is 19.2. The molecule has 0 aliphatic carbocycles. The summed E-state index contributed by atoms with van der Waals surface area (Å²) >= 11 is 0. The molecule has 0 aromatic heterocycles. The molecule has 1 aliphatic heterocycles. The first kappa shape index (κ1) is 34.6. The second-order valence-electron chi connectivity index (χ2n) is 11.5. The number of methoxy groups -OCH3 is 1. The molecule has 1 aliphatic rings. The summed E-state index contributed by atoms with van der Waals surface area (Å²) < 4.78 is 5.87. The minimum absolute atomic E-state index is 0.0225. The summed E-state index contributed by atoms with van der Waals surface area (Å²) in [6.07, 6.45) is 12.1. The van der Waals surface area contributed by atoms with E-state index in [9.17, 15) is 14.4 Å². The largest absolute Gasteiger partial charge is 0.379 e. The molecule has 0 saturated carbocycles. The average molecular weight is 546 g/mol. The summed E-state index contributed by atoms with van der Waals surface area (Å²) in [6, 6.07) is -0.135. The molecule has 1 rings (SSSR count). The number of hydrogen-bond donors (Lipinski definition) is 1. The van der Waals surface area contributed by atoms with Crippen molar-refractivity contribution in [1.82, 2.24) is 15.1 Å². The van der Waals surface area contributed by atoms with Crippen LogP contribution in [0.25, 0.3) is 0 Å². The van der Waals surface area contributed by atoms with Crippen molar-refractivity contribution in [3.05, 3.63) is 36.5 Å². The highest BCUT2D eigenvalue weighted by molar-refractivity contribution is 5.80. The SMILES string of the molecule is C=C/C=C\C(=C/C)CCNC(=O)C(C)C[C@@H]1CCCN1C(=O)CC(OC)C(C(C)CC)N(C)C(=O)CC(C)C. The van der Waals surface area contributed by atoms with Crippen LogP contribution in [0.1, 0.15) is 86.5 Å². The van der Waals surface area contributed by atoms with Crippen molar-refractivity contribution in [2.45, 2.75) is 105 Å². The minimum atomic E-state index is -0.383. The molecule has 1 heterocycles. The third-order valence-electron chi connectivity index (χ3n) is 8.01. The number of nitrogens with zero attached hydrogens (tertiary/aromatic N) is 2. The molecule has 222 valence electrons. The molecule has 1 N–H and O–H groups in total. The lowest BCUT2D eigenvalue weighted by Gasteiger charge is -2.39. The fourth-order valence-electron chi connectivity index (χ4n) is 5.48. The van der Waals surface area contributed by atoms with Gasteiger partial charge in [0.05, 0.1) is 18.6 Å². The quantitative estimate of drug-likeness (QED) is 0.244. The zero-order valence-electron chi connectivity index (χ0n) is 25.9. The maximum absolute atomic E-state index is 13.6. The van der Waals surface area contributed by atoms with Gasteiger partial charge in [0.25, 0.3) is 0 Å². The lowest BCUT2D eigenvalue weighted by molar-refractivity contribution is -0.143. The zero-order valence-corrected chi connectivity index (χ0v) is 25.9. The van der Waals surface area contributed by atoms with Gasteiger partial charge in [-0.2, -0.15) is 0 Å². The second kappa shape index (κ2) is 18.0. The van der Waals surface area contributed by atoms with Gasteiger partial charge in [-0.25, -0.2) is 0 Å². The van der Waals surface area contributed by atoms with E-state index in [2.05, 4.69) is 25.7 Å². The van der Waals surface area contributed by atoms with Crippen LogP contribution in [0.4, 0.5) is 0 Å². The van der Waals surface area contributed by atoms with E-state index in [4.69, 9.17) is 4.74 Å². The Bertz CT molecular complexity index is 850. The maximum Gasteiger partial charge on any atom is 0.225 e. The molecule has 0 bridgehead atoms. The molecular weight excluding hydrogens is 490 g/mol. The van der Waals surface area contributed by atoms with Crippen LogP contribution in [0, 0.1) is 17.8 Å². The fourth-order valence-corrected chi connectivity index (χ4v) is 5.48. The van der Waals surface area contributed by atoms with Crippen LogP contribution in [0.5, 0.6) is 0 Å². The van der Waals surface area contributed by atoms with Gasteiger partial charge in [0.15, 0.2) is 0 Å². The van der Waals surface area contributed by atoms with Crippen molar-refractivity contribution in [2.24, 2.45) is 17.8 Å². The number of carbonyl (C=O) groups is 3. The number of hydrogen-bond acceptors (Lipinski definition) is 4. The summed E-state index contributed by atoms with van der Waals surface area (Å²) in [4.78, 5) is 43.0. The van der Waals surface area contributed by atoms with Crippen LogP contribution in [0.2, 0.25) is 0 Å². The molecule has 7 heteroatoms. The molecule has 0 aromatic rings. The monoisotopic (exact) mass is 545 g/mol. The number of allylic oxidation sites excluding steroid dienone is 4. The van der Waals surface area contributed by atoms with Gasteiger partial charge >= 0.3 is 0 Å². The first-order chi connectivity index (χ1) is 18.5. The Hall–Kier alpha value is -2.41. The molecule has 0 aromatic carbocycles. The van der Waals surface area contributed by atoms with E-state index in [1.165, 1.54) is 0 Å². The Kier molecular flexibility index (Phi) is 16.0. The highest BCUT2D eigenvalue weighted by Gasteiger charge is 2.37. The first-order valence-electron chi connectivity index (χ1n) is 14.8. The lowest BCUT2D eigenvalue weighted by atomic mass is 9.90. The van der Waals surface area contributed by atoms with Gasteiger partial charge in [-0.15, -0.1) is 0 Å². The fraction of sp³-hybridized carbons (Fsp3) is 0.719. The Balaban J connectivity index is 2.81. The van der Waals surface area contributed by atoms with Crippen molar-refractivity contribution >= 4 is 17.7 Å². The summed E-state index contributed by atoms with van der Waals surface area (Å²) in [5, 5.41) is 3.05. The van der Waals surface area contributed by atoms with Gasteiger partial charge in [0, 0.05) is 45.6 Å². The topological polar surface area (TPSA) is 79.0 Å². The van der Waals surface area contributed by atoms with Crippen LogP contribution in [0.3, 0.4) is 0 Å². The van der Waals surface area contributed by atoms with Gasteiger partial charge in [-0.05, 0) is 44.4 Å². The number of rotatable bonds is 17. The predicted octanol–water partition coefficient (Wildman–Crippen LogP) is 5.52. The zero-order chi connectivity index (χ0) is 29.5. The molecule has 39 heavy (non-hydrogen) atoms. The van der Waals surface area contributed by atoms with Crippen molar-refractivity contribution < 1.29 is 19.1 Å². The van der Waals surface area contributed by atoms with Crippen molar-refractivity contribution in [2.75, 3.05) is 27.2 Å². The number of ether oxygens (including phenoxy) is 1. The van der Waals surface area contributed by atoms with E-state index in [1.54, 1.807) is 18.1 Å². The highest BCUT2D eigenvalue weighted by Crippen LogP contribution is 2.28. The molecule has 1 fully saturated rings. The Morgan fingerprint density at radius 3 is 2.44 bits per heavy atom. The van der Waals surface area contributed by atoms with Crippen LogP contribution in [0.15, 0.2) is 36.5 Å². The number of nitrogens with one attached hydrogen (secondary N) is 1. The number of amides is 3. The Labute approximate surface area is 238 Å². The van der Waals surface area contributed by atoms with Crippen LogP contribution in [-0.2, 0) is 19.1 Å². The summed E-state index contributed by atoms with van der Waals surface area (Å²) in [7, 11) is 3.47. The molecule has 0 spiro atoms. The van der Waals surface area contributed by atoms with Gasteiger partial charge in [-0.1, -0.05) is 77.5 Å². The van der Waals surface area contributed by atoms with Crippen LogP contribution >= 0.6 is 0 Å². The number of likely N-dealkylation sites (N-methyl/N-ethyl adjacent to an activating group) is 1. The molecule has 0 radical (unpaired) electrons. The van der Waals surface area contributed by atoms with Crippen LogP contribution in [-0.4, -0.2) is 73.0 Å². The second-order valence-corrected chi connectivity index (χ2v) is 11.5. The third kappa shape index (κ3) is 11.3. The van der Waals surface area contributed by atoms with Crippen molar-refractivity contribution in [3.63, 3.8) is 0 Å². The number of likely N-dealkylation sites (tertiary alicyclic amines) is 1. The molecule has 5 atom stereocenters.